The molecule has 0 atom stereocenters. The zero-order chi connectivity index (χ0) is 15.6. The molecule has 0 unspecified atom stereocenters. The Morgan fingerprint density at radius 3 is 2.71 bits per heavy atom. The third-order valence-corrected chi connectivity index (χ3v) is 3.06. The van der Waals surface area contributed by atoms with E-state index in [9.17, 15) is 14.7 Å². The number of nitrogens with one attached hydrogen (secondary N) is 2. The highest BCUT2D eigenvalue weighted by Crippen LogP contribution is 2.28. The summed E-state index contributed by atoms with van der Waals surface area (Å²) >= 11 is 0. The van der Waals surface area contributed by atoms with Crippen molar-refractivity contribution in [3.8, 4) is 0 Å². The van der Waals surface area contributed by atoms with Crippen LogP contribution >= 0.6 is 0 Å². The minimum Gasteiger partial charge on any atom is -0.478 e. The third kappa shape index (κ3) is 2.93. The zero-order valence-electron chi connectivity index (χ0n) is 12.1. The molecule has 0 radical (unpaired) electrons. The Balaban J connectivity index is 2.39. The number of carbonyl (C=O) groups excluding carboxylic acids is 1. The fourth-order valence-electron chi connectivity index (χ4n) is 2.18. The first-order valence-corrected chi connectivity index (χ1v) is 6.45. The summed E-state index contributed by atoms with van der Waals surface area (Å²) in [6.45, 7) is 4.04. The number of carbonyl (C=O) groups is 2. The molecule has 0 aliphatic carbocycles. The van der Waals surface area contributed by atoms with Gasteiger partial charge in [0.25, 0.3) is 0 Å². The van der Waals surface area contributed by atoms with E-state index in [0.29, 0.717) is 35.5 Å². The standard InChI is InChI=1S/C13H17N5O3/c1-7-10-11(15-5-4-14-8(2)19)9(13(20)21)6-16-12(10)18(3)17-7/h6H,4-5H2,1-3H3,(H,14,19)(H,15,16)(H,20,21). The maximum Gasteiger partial charge on any atom is 0.339 e. The summed E-state index contributed by atoms with van der Waals surface area (Å²) in [6, 6.07) is 0. The molecule has 0 aromatic carbocycles. The topological polar surface area (TPSA) is 109 Å². The molecule has 112 valence electrons. The van der Waals surface area contributed by atoms with Gasteiger partial charge in [-0.2, -0.15) is 5.10 Å². The van der Waals surface area contributed by atoms with Gasteiger partial charge >= 0.3 is 5.97 Å². The highest BCUT2D eigenvalue weighted by atomic mass is 16.4. The number of aromatic carboxylic acids is 1. The average Bonchev–Trinajstić information content (AvgIpc) is 2.69. The van der Waals surface area contributed by atoms with Gasteiger partial charge in [-0.1, -0.05) is 0 Å². The average molecular weight is 291 g/mol. The normalized spacial score (nSPS) is 10.6. The molecule has 21 heavy (non-hydrogen) atoms. The predicted molar refractivity (Wildman–Crippen MR) is 77.4 cm³/mol. The van der Waals surface area contributed by atoms with Crippen LogP contribution in [0.15, 0.2) is 6.20 Å². The molecular formula is C13H17N5O3. The SMILES string of the molecule is CC(=O)NCCNc1c(C(=O)O)cnc2c1c(C)nn2C. The van der Waals surface area contributed by atoms with Crippen molar-refractivity contribution in [2.24, 2.45) is 7.05 Å². The van der Waals surface area contributed by atoms with E-state index in [0.717, 1.165) is 0 Å². The highest BCUT2D eigenvalue weighted by Gasteiger charge is 2.18. The first kappa shape index (κ1) is 14.8. The predicted octanol–water partition coefficient (Wildman–Crippen LogP) is 0.523. The van der Waals surface area contributed by atoms with E-state index in [2.05, 4.69) is 20.7 Å². The lowest BCUT2D eigenvalue weighted by molar-refractivity contribution is -0.118. The quantitative estimate of drug-likeness (QED) is 0.693. The second-order valence-electron chi connectivity index (χ2n) is 4.67. The van der Waals surface area contributed by atoms with Gasteiger partial charge in [0, 0.05) is 33.3 Å². The molecule has 0 saturated heterocycles. The smallest absolute Gasteiger partial charge is 0.339 e. The summed E-state index contributed by atoms with van der Waals surface area (Å²) in [7, 11) is 1.75. The van der Waals surface area contributed by atoms with Crippen LogP contribution in [0.25, 0.3) is 11.0 Å². The van der Waals surface area contributed by atoms with Crippen molar-refractivity contribution >= 4 is 28.6 Å². The summed E-state index contributed by atoms with van der Waals surface area (Å²) in [5, 5.41) is 19.9. The molecule has 0 bridgehead atoms. The lowest BCUT2D eigenvalue weighted by Gasteiger charge is -2.11. The van der Waals surface area contributed by atoms with Crippen molar-refractivity contribution in [1.82, 2.24) is 20.1 Å². The van der Waals surface area contributed by atoms with E-state index in [1.807, 2.05) is 0 Å². The monoisotopic (exact) mass is 291 g/mol. The summed E-state index contributed by atoms with van der Waals surface area (Å²) in [6.07, 6.45) is 1.31. The van der Waals surface area contributed by atoms with Crippen LogP contribution in [0.1, 0.15) is 23.0 Å². The molecule has 0 spiro atoms. The number of aromatic nitrogens is 3. The van der Waals surface area contributed by atoms with Crippen LogP contribution in [0.4, 0.5) is 5.69 Å². The summed E-state index contributed by atoms with van der Waals surface area (Å²) in [4.78, 5) is 26.3. The molecule has 3 N–H and O–H groups in total. The lowest BCUT2D eigenvalue weighted by Crippen LogP contribution is -2.26. The highest BCUT2D eigenvalue weighted by molar-refractivity contribution is 6.04. The Labute approximate surface area is 121 Å². The van der Waals surface area contributed by atoms with Gasteiger partial charge < -0.3 is 15.7 Å². The first-order valence-electron chi connectivity index (χ1n) is 6.45. The van der Waals surface area contributed by atoms with Crippen molar-refractivity contribution in [2.45, 2.75) is 13.8 Å². The van der Waals surface area contributed by atoms with Crippen LogP contribution in [-0.2, 0) is 11.8 Å². The number of anilines is 1. The second-order valence-corrected chi connectivity index (χ2v) is 4.67. The van der Waals surface area contributed by atoms with E-state index >= 15 is 0 Å². The molecule has 2 aromatic heterocycles. The maximum atomic E-state index is 11.3. The van der Waals surface area contributed by atoms with Crippen molar-refractivity contribution in [2.75, 3.05) is 18.4 Å². The maximum absolute atomic E-state index is 11.3. The number of hydrogen-bond donors (Lipinski definition) is 3. The lowest BCUT2D eigenvalue weighted by atomic mass is 10.1. The number of pyridine rings is 1. The van der Waals surface area contributed by atoms with E-state index in [-0.39, 0.29) is 11.5 Å². The Morgan fingerprint density at radius 1 is 1.38 bits per heavy atom. The Bertz CT molecular complexity index is 707. The van der Waals surface area contributed by atoms with E-state index in [1.165, 1.54) is 13.1 Å². The van der Waals surface area contributed by atoms with Crippen molar-refractivity contribution in [3.63, 3.8) is 0 Å². The number of carboxylic acid groups (broad SMARTS) is 1. The molecule has 2 rings (SSSR count). The van der Waals surface area contributed by atoms with Gasteiger partial charge in [0.2, 0.25) is 5.91 Å². The Morgan fingerprint density at radius 2 is 2.10 bits per heavy atom. The second kappa shape index (κ2) is 5.78. The van der Waals surface area contributed by atoms with Crippen LogP contribution in [-0.4, -0.2) is 44.8 Å². The van der Waals surface area contributed by atoms with Gasteiger partial charge in [0.15, 0.2) is 5.65 Å². The van der Waals surface area contributed by atoms with Crippen LogP contribution in [0.5, 0.6) is 0 Å². The van der Waals surface area contributed by atoms with Gasteiger partial charge in [-0.05, 0) is 6.92 Å². The van der Waals surface area contributed by atoms with E-state index < -0.39 is 5.97 Å². The summed E-state index contributed by atoms with van der Waals surface area (Å²) in [5.74, 6) is -1.19. The summed E-state index contributed by atoms with van der Waals surface area (Å²) < 4.78 is 1.61. The van der Waals surface area contributed by atoms with Gasteiger partial charge in [-0.25, -0.2) is 9.78 Å². The number of rotatable bonds is 5. The molecule has 8 heteroatoms. The molecule has 8 nitrogen and oxygen atoms in total. The molecule has 0 fully saturated rings. The molecular weight excluding hydrogens is 274 g/mol. The van der Waals surface area contributed by atoms with Gasteiger partial charge in [0.1, 0.15) is 5.56 Å². The van der Waals surface area contributed by atoms with Crippen LogP contribution in [0.3, 0.4) is 0 Å². The number of carboxylic acids is 1. The minimum absolute atomic E-state index is 0.0847. The van der Waals surface area contributed by atoms with Gasteiger partial charge in [0.05, 0.1) is 16.8 Å². The van der Waals surface area contributed by atoms with Crippen molar-refractivity contribution in [3.05, 3.63) is 17.5 Å². The molecule has 0 aliphatic rings. The zero-order valence-corrected chi connectivity index (χ0v) is 12.1. The van der Waals surface area contributed by atoms with E-state index in [4.69, 9.17) is 0 Å². The minimum atomic E-state index is -1.06. The molecule has 0 aliphatic heterocycles. The van der Waals surface area contributed by atoms with Crippen molar-refractivity contribution in [1.29, 1.82) is 0 Å². The molecule has 1 amide bonds. The Kier molecular flexibility index (Phi) is 4.06. The van der Waals surface area contributed by atoms with Gasteiger partial charge in [-0.15, -0.1) is 0 Å². The number of amides is 1. The van der Waals surface area contributed by atoms with Gasteiger partial charge in [-0.3, -0.25) is 9.48 Å². The van der Waals surface area contributed by atoms with Crippen LogP contribution in [0, 0.1) is 6.92 Å². The van der Waals surface area contributed by atoms with Crippen molar-refractivity contribution < 1.29 is 14.7 Å². The first-order chi connectivity index (χ1) is 9.91. The summed E-state index contributed by atoms with van der Waals surface area (Å²) in [5.41, 5.74) is 1.87. The fraction of sp³-hybridized carbons (Fsp3) is 0.385. The molecule has 0 saturated carbocycles. The molecule has 2 aromatic rings. The molecule has 2 heterocycles. The third-order valence-electron chi connectivity index (χ3n) is 3.06. The van der Waals surface area contributed by atoms with Crippen LogP contribution in [0.2, 0.25) is 0 Å². The fourth-order valence-corrected chi connectivity index (χ4v) is 2.18. The Hall–Kier alpha value is -2.64. The largest absolute Gasteiger partial charge is 0.478 e. The number of aryl methyl sites for hydroxylation is 2. The number of hydrogen-bond acceptors (Lipinski definition) is 5. The van der Waals surface area contributed by atoms with Crippen LogP contribution < -0.4 is 10.6 Å². The number of nitrogens with zero attached hydrogens (tertiary/aromatic N) is 3. The van der Waals surface area contributed by atoms with E-state index in [1.54, 1.807) is 18.7 Å². The number of fused-ring (bicyclic) bond motifs is 1.